The van der Waals surface area contributed by atoms with Crippen LogP contribution in [0.25, 0.3) is 0 Å². The molecular formula is C15H36O3Si2. The maximum absolute atomic E-state index is 5.81. The SMILES string of the molecule is CCOOCCCCCCCCCCC[SiH2]O[SiH](C)C. The van der Waals surface area contributed by atoms with Gasteiger partial charge in [-0.05, 0) is 32.5 Å². The zero-order valence-electron chi connectivity index (χ0n) is 14.0. The van der Waals surface area contributed by atoms with Gasteiger partial charge in [-0.15, -0.1) is 0 Å². The molecule has 0 heterocycles. The average Bonchev–Trinajstić information content (AvgIpc) is 2.43. The summed E-state index contributed by atoms with van der Waals surface area (Å²) in [6.07, 6.45) is 12.2. The van der Waals surface area contributed by atoms with E-state index in [-0.39, 0.29) is 9.76 Å². The molecule has 0 saturated carbocycles. The van der Waals surface area contributed by atoms with Crippen molar-refractivity contribution in [3.8, 4) is 0 Å². The van der Waals surface area contributed by atoms with Gasteiger partial charge >= 0.3 is 0 Å². The number of rotatable bonds is 16. The second kappa shape index (κ2) is 17.4. The molecule has 0 amide bonds. The Morgan fingerprint density at radius 1 is 0.750 bits per heavy atom. The third-order valence-electron chi connectivity index (χ3n) is 3.27. The first-order valence-electron chi connectivity index (χ1n) is 8.63. The van der Waals surface area contributed by atoms with Gasteiger partial charge in [0.1, 0.15) is 9.76 Å². The minimum atomic E-state index is -0.717. The Kier molecular flexibility index (Phi) is 17.6. The molecule has 0 saturated heterocycles. The van der Waals surface area contributed by atoms with Crippen LogP contribution in [0.5, 0.6) is 0 Å². The molecule has 3 nitrogen and oxygen atoms in total. The first kappa shape index (κ1) is 20.3. The number of unbranched alkanes of at least 4 members (excludes halogenated alkanes) is 8. The fourth-order valence-electron chi connectivity index (χ4n) is 2.14. The van der Waals surface area contributed by atoms with E-state index < -0.39 is 9.04 Å². The fraction of sp³-hybridized carbons (Fsp3) is 1.00. The standard InChI is InChI=1S/C15H36O3Si2/c1-4-16-17-14-12-10-8-6-5-7-9-11-13-15-19-18-20(2)3/h20H,4-15,19H2,1-3H3. The first-order valence-corrected chi connectivity index (χ1v) is 13.0. The summed E-state index contributed by atoms with van der Waals surface area (Å²) in [5, 5.41) is 0. The van der Waals surface area contributed by atoms with Gasteiger partial charge in [-0.3, -0.25) is 0 Å². The van der Waals surface area contributed by atoms with Crippen molar-refractivity contribution in [2.45, 2.75) is 83.8 Å². The smallest absolute Gasteiger partial charge is 0.156 e. The molecule has 5 heteroatoms. The van der Waals surface area contributed by atoms with E-state index in [1.165, 1.54) is 57.4 Å². The lowest BCUT2D eigenvalue weighted by atomic mass is 10.1. The molecule has 0 rings (SSSR count). The highest BCUT2D eigenvalue weighted by Gasteiger charge is 1.96. The molecule has 0 aromatic carbocycles. The average molecular weight is 321 g/mol. The van der Waals surface area contributed by atoms with Gasteiger partial charge in [0, 0.05) is 0 Å². The van der Waals surface area contributed by atoms with Gasteiger partial charge < -0.3 is 4.12 Å². The zero-order chi connectivity index (χ0) is 14.9. The molecule has 0 atom stereocenters. The quantitative estimate of drug-likeness (QED) is 0.186. The third-order valence-corrected chi connectivity index (χ3v) is 7.67. The molecule has 0 spiro atoms. The monoisotopic (exact) mass is 320 g/mol. The van der Waals surface area contributed by atoms with Gasteiger partial charge in [0.25, 0.3) is 0 Å². The predicted octanol–water partition coefficient (Wildman–Crippen LogP) is 3.97. The normalized spacial score (nSPS) is 12.0. The predicted molar refractivity (Wildman–Crippen MR) is 92.4 cm³/mol. The first-order chi connectivity index (χ1) is 9.77. The Morgan fingerprint density at radius 2 is 1.30 bits per heavy atom. The highest BCUT2D eigenvalue weighted by atomic mass is 28.3. The Balaban J connectivity index is 2.92. The molecule has 20 heavy (non-hydrogen) atoms. The lowest BCUT2D eigenvalue weighted by molar-refractivity contribution is -0.291. The third kappa shape index (κ3) is 18.3. The Hall–Kier alpha value is 0.314. The molecule has 0 N–H and O–H groups in total. The van der Waals surface area contributed by atoms with E-state index in [1.807, 2.05) is 6.92 Å². The van der Waals surface area contributed by atoms with Crippen LogP contribution in [0.15, 0.2) is 0 Å². The van der Waals surface area contributed by atoms with Crippen LogP contribution in [0.2, 0.25) is 19.1 Å². The maximum Gasteiger partial charge on any atom is 0.156 e. The van der Waals surface area contributed by atoms with Crippen molar-refractivity contribution in [3.05, 3.63) is 0 Å². The Bertz CT molecular complexity index is 181. The highest BCUT2D eigenvalue weighted by molar-refractivity contribution is 6.56. The molecule has 0 aliphatic rings. The second-order valence-electron chi connectivity index (χ2n) is 5.68. The zero-order valence-corrected chi connectivity index (χ0v) is 16.6. The molecule has 0 radical (unpaired) electrons. The molecule has 0 aromatic rings. The van der Waals surface area contributed by atoms with Crippen molar-refractivity contribution in [2.75, 3.05) is 13.2 Å². The van der Waals surface area contributed by atoms with Gasteiger partial charge in [0.2, 0.25) is 0 Å². The summed E-state index contributed by atoms with van der Waals surface area (Å²) in [7, 11) is -0.873. The minimum absolute atomic E-state index is 0.156. The van der Waals surface area contributed by atoms with Crippen LogP contribution in [0, 0.1) is 0 Å². The van der Waals surface area contributed by atoms with E-state index in [0.717, 1.165) is 13.0 Å². The van der Waals surface area contributed by atoms with Crippen molar-refractivity contribution in [2.24, 2.45) is 0 Å². The molecule has 0 bridgehead atoms. The highest BCUT2D eigenvalue weighted by Crippen LogP contribution is 2.10. The Labute approximate surface area is 130 Å². The van der Waals surface area contributed by atoms with Gasteiger partial charge in [-0.1, -0.05) is 51.4 Å². The fourth-order valence-corrected chi connectivity index (χ4v) is 5.25. The summed E-state index contributed by atoms with van der Waals surface area (Å²) in [6.45, 7) is 7.89. The van der Waals surface area contributed by atoms with Crippen LogP contribution in [-0.2, 0) is 13.9 Å². The summed E-state index contributed by atoms with van der Waals surface area (Å²) < 4.78 is 5.81. The van der Waals surface area contributed by atoms with E-state index >= 15 is 0 Å². The van der Waals surface area contributed by atoms with Gasteiger partial charge in [-0.25, -0.2) is 9.78 Å². The summed E-state index contributed by atoms with van der Waals surface area (Å²) in [4.78, 5) is 9.83. The number of hydrogen-bond acceptors (Lipinski definition) is 3. The van der Waals surface area contributed by atoms with Crippen molar-refractivity contribution in [1.29, 1.82) is 0 Å². The van der Waals surface area contributed by atoms with Crippen LogP contribution in [-0.4, -0.2) is 32.0 Å². The molecule has 122 valence electrons. The molecule has 0 fully saturated rings. The van der Waals surface area contributed by atoms with Crippen LogP contribution in [0.3, 0.4) is 0 Å². The molecule has 0 aliphatic heterocycles. The van der Waals surface area contributed by atoms with Gasteiger partial charge in [0.15, 0.2) is 9.04 Å². The summed E-state index contributed by atoms with van der Waals surface area (Å²) in [5.74, 6) is 0. The lowest BCUT2D eigenvalue weighted by Crippen LogP contribution is -2.10. The molecule has 0 aliphatic carbocycles. The maximum atomic E-state index is 5.81. The van der Waals surface area contributed by atoms with Crippen molar-refractivity contribution >= 4 is 18.8 Å². The van der Waals surface area contributed by atoms with Gasteiger partial charge in [-0.2, -0.15) is 0 Å². The van der Waals surface area contributed by atoms with Crippen LogP contribution in [0.1, 0.15) is 64.7 Å². The summed E-state index contributed by atoms with van der Waals surface area (Å²) in [6, 6.07) is 1.39. The van der Waals surface area contributed by atoms with Crippen molar-refractivity contribution in [3.63, 3.8) is 0 Å². The molecule has 0 aromatic heterocycles. The Morgan fingerprint density at radius 3 is 1.85 bits per heavy atom. The molecular weight excluding hydrogens is 284 g/mol. The van der Waals surface area contributed by atoms with E-state index in [2.05, 4.69) is 13.1 Å². The van der Waals surface area contributed by atoms with Crippen molar-refractivity contribution < 1.29 is 13.9 Å². The lowest BCUT2D eigenvalue weighted by Gasteiger charge is -2.06. The second-order valence-corrected chi connectivity index (χ2v) is 10.2. The van der Waals surface area contributed by atoms with E-state index in [0.29, 0.717) is 6.61 Å². The van der Waals surface area contributed by atoms with Crippen LogP contribution >= 0.6 is 0 Å². The van der Waals surface area contributed by atoms with E-state index in [1.54, 1.807) is 0 Å². The van der Waals surface area contributed by atoms with Gasteiger partial charge in [0.05, 0.1) is 13.2 Å². The van der Waals surface area contributed by atoms with Crippen LogP contribution < -0.4 is 0 Å². The minimum Gasteiger partial charge on any atom is -0.463 e. The van der Waals surface area contributed by atoms with E-state index in [4.69, 9.17) is 13.9 Å². The summed E-state index contributed by atoms with van der Waals surface area (Å²) >= 11 is 0. The van der Waals surface area contributed by atoms with Crippen LogP contribution in [0.4, 0.5) is 0 Å². The number of hydrogen-bond donors (Lipinski definition) is 0. The van der Waals surface area contributed by atoms with E-state index in [9.17, 15) is 0 Å². The largest absolute Gasteiger partial charge is 0.463 e. The topological polar surface area (TPSA) is 27.7 Å². The van der Waals surface area contributed by atoms with Crippen molar-refractivity contribution in [1.82, 2.24) is 0 Å². The summed E-state index contributed by atoms with van der Waals surface area (Å²) in [5.41, 5.74) is 0. The molecule has 0 unspecified atom stereocenters.